The Morgan fingerprint density at radius 2 is 1.92 bits per heavy atom. The minimum atomic E-state index is -0.320. The molecule has 1 saturated heterocycles. The zero-order valence-electron chi connectivity index (χ0n) is 14.1. The average Bonchev–Trinajstić information content (AvgIpc) is 2.87. The second kappa shape index (κ2) is 7.55. The van der Waals surface area contributed by atoms with Gasteiger partial charge in [-0.25, -0.2) is 4.79 Å². The zero-order chi connectivity index (χ0) is 16.9. The van der Waals surface area contributed by atoms with Crippen LogP contribution in [0.25, 0.3) is 0 Å². The van der Waals surface area contributed by atoms with E-state index in [1.165, 1.54) is 12.7 Å². The molecular formula is C18H24N2O4. The second-order valence-corrected chi connectivity index (χ2v) is 6.26. The highest BCUT2D eigenvalue weighted by molar-refractivity contribution is 5.79. The van der Waals surface area contributed by atoms with Crippen LogP contribution in [0.5, 0.6) is 5.75 Å². The standard InChI is InChI=1S/C18H24N2O4/c1-23-18(22)20-8-3-7-19(9-10-20)17(21)13-14-5-6-16-15(12-14)4-2-11-24-16/h5-6,12H,2-4,7-11,13H2,1H3. The third-order valence-corrected chi connectivity index (χ3v) is 4.61. The van der Waals surface area contributed by atoms with Gasteiger partial charge in [0.1, 0.15) is 5.75 Å². The van der Waals surface area contributed by atoms with Crippen LogP contribution in [-0.4, -0.2) is 61.7 Å². The molecule has 2 aliphatic rings. The van der Waals surface area contributed by atoms with E-state index in [-0.39, 0.29) is 12.0 Å². The molecule has 24 heavy (non-hydrogen) atoms. The van der Waals surface area contributed by atoms with Gasteiger partial charge in [-0.3, -0.25) is 4.79 Å². The van der Waals surface area contributed by atoms with Crippen molar-refractivity contribution in [3.63, 3.8) is 0 Å². The van der Waals surface area contributed by atoms with E-state index in [1.54, 1.807) is 4.90 Å². The normalized spacial score (nSPS) is 17.5. The van der Waals surface area contributed by atoms with Crippen LogP contribution in [0.1, 0.15) is 24.0 Å². The van der Waals surface area contributed by atoms with Gasteiger partial charge in [-0.15, -0.1) is 0 Å². The van der Waals surface area contributed by atoms with Crippen molar-refractivity contribution in [1.29, 1.82) is 0 Å². The van der Waals surface area contributed by atoms with Gasteiger partial charge in [0.15, 0.2) is 0 Å². The quantitative estimate of drug-likeness (QED) is 0.829. The monoisotopic (exact) mass is 332 g/mol. The van der Waals surface area contributed by atoms with E-state index >= 15 is 0 Å². The van der Waals surface area contributed by atoms with E-state index in [9.17, 15) is 9.59 Å². The van der Waals surface area contributed by atoms with E-state index in [2.05, 4.69) is 6.07 Å². The fraction of sp³-hybridized carbons (Fsp3) is 0.556. The summed E-state index contributed by atoms with van der Waals surface area (Å²) in [6, 6.07) is 6.03. The van der Waals surface area contributed by atoms with E-state index in [4.69, 9.17) is 9.47 Å². The Morgan fingerprint density at radius 3 is 2.75 bits per heavy atom. The molecule has 0 atom stereocenters. The number of benzene rings is 1. The summed E-state index contributed by atoms with van der Waals surface area (Å²) in [6.45, 7) is 3.17. The Labute approximate surface area is 142 Å². The number of hydrogen-bond acceptors (Lipinski definition) is 4. The maximum Gasteiger partial charge on any atom is 0.409 e. The molecule has 1 aromatic carbocycles. The van der Waals surface area contributed by atoms with Crippen molar-refractivity contribution in [2.24, 2.45) is 0 Å². The molecule has 2 amide bonds. The number of nitrogens with zero attached hydrogens (tertiary/aromatic N) is 2. The molecule has 0 aromatic heterocycles. The van der Waals surface area contributed by atoms with Crippen LogP contribution in [0.3, 0.4) is 0 Å². The number of rotatable bonds is 2. The van der Waals surface area contributed by atoms with Crippen LogP contribution in [0.2, 0.25) is 0 Å². The Kier molecular flexibility index (Phi) is 5.23. The van der Waals surface area contributed by atoms with Crippen molar-refractivity contribution in [2.75, 3.05) is 39.9 Å². The summed E-state index contributed by atoms with van der Waals surface area (Å²) in [5.74, 6) is 1.05. The van der Waals surface area contributed by atoms with Crippen LogP contribution >= 0.6 is 0 Å². The summed E-state index contributed by atoms with van der Waals surface area (Å²) in [5.41, 5.74) is 2.22. The van der Waals surface area contributed by atoms with Gasteiger partial charge in [0.25, 0.3) is 0 Å². The van der Waals surface area contributed by atoms with E-state index in [0.717, 1.165) is 37.2 Å². The number of ether oxygens (including phenoxy) is 2. The highest BCUT2D eigenvalue weighted by atomic mass is 16.5. The fourth-order valence-electron chi connectivity index (χ4n) is 3.29. The third kappa shape index (κ3) is 3.80. The molecule has 1 fully saturated rings. The summed E-state index contributed by atoms with van der Waals surface area (Å²) >= 11 is 0. The van der Waals surface area contributed by atoms with Crippen LogP contribution in [0.4, 0.5) is 4.79 Å². The SMILES string of the molecule is COC(=O)N1CCCN(C(=O)Cc2ccc3c(c2)CCCO3)CC1. The Hall–Kier alpha value is -2.24. The van der Waals surface area contributed by atoms with Crippen molar-refractivity contribution in [1.82, 2.24) is 9.80 Å². The molecule has 0 N–H and O–H groups in total. The van der Waals surface area contributed by atoms with E-state index < -0.39 is 0 Å². The van der Waals surface area contributed by atoms with Crippen LogP contribution < -0.4 is 4.74 Å². The Bertz CT molecular complexity index is 617. The maximum atomic E-state index is 12.6. The third-order valence-electron chi connectivity index (χ3n) is 4.61. The lowest BCUT2D eigenvalue weighted by Crippen LogP contribution is -2.37. The molecule has 6 heteroatoms. The second-order valence-electron chi connectivity index (χ2n) is 6.26. The van der Waals surface area contributed by atoms with Gasteiger partial charge in [0, 0.05) is 26.2 Å². The highest BCUT2D eigenvalue weighted by Crippen LogP contribution is 2.26. The van der Waals surface area contributed by atoms with Crippen molar-refractivity contribution in [2.45, 2.75) is 25.7 Å². The minimum Gasteiger partial charge on any atom is -0.493 e. The van der Waals surface area contributed by atoms with E-state index in [0.29, 0.717) is 32.6 Å². The largest absolute Gasteiger partial charge is 0.493 e. The molecule has 0 aliphatic carbocycles. The number of hydrogen-bond donors (Lipinski definition) is 0. The van der Waals surface area contributed by atoms with Crippen molar-refractivity contribution in [3.05, 3.63) is 29.3 Å². The Balaban J connectivity index is 1.59. The molecule has 3 rings (SSSR count). The van der Waals surface area contributed by atoms with Crippen LogP contribution in [0.15, 0.2) is 18.2 Å². The van der Waals surface area contributed by atoms with Crippen molar-refractivity contribution >= 4 is 12.0 Å². The lowest BCUT2D eigenvalue weighted by molar-refractivity contribution is -0.130. The molecule has 0 saturated carbocycles. The molecular weight excluding hydrogens is 308 g/mol. The van der Waals surface area contributed by atoms with Gasteiger partial charge in [0.05, 0.1) is 20.1 Å². The number of fused-ring (bicyclic) bond motifs is 1. The molecule has 0 radical (unpaired) electrons. The van der Waals surface area contributed by atoms with Gasteiger partial charge in [0.2, 0.25) is 5.91 Å². The number of carbonyl (C=O) groups excluding carboxylic acids is 2. The van der Waals surface area contributed by atoms with Gasteiger partial charge in [-0.2, -0.15) is 0 Å². The first-order chi connectivity index (χ1) is 11.7. The predicted molar refractivity (Wildman–Crippen MR) is 89.1 cm³/mol. The molecule has 6 nitrogen and oxygen atoms in total. The first-order valence-corrected chi connectivity index (χ1v) is 8.52. The van der Waals surface area contributed by atoms with Crippen molar-refractivity contribution in [3.8, 4) is 5.75 Å². The van der Waals surface area contributed by atoms with Crippen LogP contribution in [-0.2, 0) is 22.4 Å². The number of carbonyl (C=O) groups is 2. The fourth-order valence-corrected chi connectivity index (χ4v) is 3.29. The van der Waals surface area contributed by atoms with Gasteiger partial charge in [-0.05, 0) is 36.5 Å². The lowest BCUT2D eigenvalue weighted by Gasteiger charge is -2.22. The number of methoxy groups -OCH3 is 1. The summed E-state index contributed by atoms with van der Waals surface area (Å²) < 4.78 is 10.4. The summed E-state index contributed by atoms with van der Waals surface area (Å²) in [4.78, 5) is 27.7. The smallest absolute Gasteiger partial charge is 0.409 e. The predicted octanol–water partition coefficient (Wildman–Crippen LogP) is 1.85. The maximum absolute atomic E-state index is 12.6. The van der Waals surface area contributed by atoms with Gasteiger partial charge >= 0.3 is 6.09 Å². The molecule has 0 spiro atoms. The summed E-state index contributed by atoms with van der Waals surface area (Å²) in [6.07, 6.45) is 2.89. The average molecular weight is 332 g/mol. The first-order valence-electron chi connectivity index (χ1n) is 8.52. The molecule has 130 valence electrons. The summed E-state index contributed by atoms with van der Waals surface area (Å²) in [7, 11) is 1.38. The molecule has 1 aromatic rings. The topological polar surface area (TPSA) is 59.1 Å². The molecule has 0 bridgehead atoms. The van der Waals surface area contributed by atoms with Crippen molar-refractivity contribution < 1.29 is 19.1 Å². The number of amides is 2. The highest BCUT2D eigenvalue weighted by Gasteiger charge is 2.22. The molecule has 2 aliphatic heterocycles. The first kappa shape index (κ1) is 16.6. The van der Waals surface area contributed by atoms with Crippen LogP contribution in [0, 0.1) is 0 Å². The van der Waals surface area contributed by atoms with Gasteiger partial charge in [-0.1, -0.05) is 12.1 Å². The number of aryl methyl sites for hydroxylation is 1. The lowest BCUT2D eigenvalue weighted by atomic mass is 10.0. The molecule has 2 heterocycles. The van der Waals surface area contributed by atoms with Gasteiger partial charge < -0.3 is 19.3 Å². The van der Waals surface area contributed by atoms with E-state index in [1.807, 2.05) is 17.0 Å². The minimum absolute atomic E-state index is 0.110. The molecule has 0 unspecified atom stereocenters. The zero-order valence-corrected chi connectivity index (χ0v) is 14.1. The summed E-state index contributed by atoms with van der Waals surface area (Å²) in [5, 5.41) is 0. The Morgan fingerprint density at radius 1 is 1.12 bits per heavy atom.